The van der Waals surface area contributed by atoms with Crippen molar-refractivity contribution in [3.8, 4) is 0 Å². The van der Waals surface area contributed by atoms with Gasteiger partial charge in [0.1, 0.15) is 0 Å². The van der Waals surface area contributed by atoms with Gasteiger partial charge in [-0.2, -0.15) is 5.10 Å². The monoisotopic (exact) mass is 550 g/mol. The molecule has 2 fully saturated rings. The Morgan fingerprint density at radius 3 is 2.75 bits per heavy atom. The fourth-order valence-corrected chi connectivity index (χ4v) is 4.76. The SMILES string of the molecule is CN=C(NCc1cccc(NC(=O)C2CCCCC2)c1)N1CCC(c2cnn(C)c2)C1.I. The van der Waals surface area contributed by atoms with E-state index in [4.69, 9.17) is 0 Å². The number of hydrogen-bond acceptors (Lipinski definition) is 3. The van der Waals surface area contributed by atoms with E-state index in [1.54, 1.807) is 0 Å². The maximum atomic E-state index is 12.6. The molecule has 1 saturated carbocycles. The molecular formula is C24H35IN6O. The number of aliphatic imine (C=N–C) groups is 1. The van der Waals surface area contributed by atoms with Crippen molar-refractivity contribution in [2.24, 2.45) is 18.0 Å². The summed E-state index contributed by atoms with van der Waals surface area (Å²) in [6.07, 6.45) is 10.8. The summed E-state index contributed by atoms with van der Waals surface area (Å²) >= 11 is 0. The molecule has 1 amide bonds. The van der Waals surface area contributed by atoms with Gasteiger partial charge in [0.25, 0.3) is 0 Å². The topological polar surface area (TPSA) is 74.6 Å². The fraction of sp³-hybridized carbons (Fsp3) is 0.542. The molecule has 1 atom stereocenters. The van der Waals surface area contributed by atoms with E-state index < -0.39 is 0 Å². The van der Waals surface area contributed by atoms with Crippen LogP contribution in [-0.4, -0.2) is 46.7 Å². The number of hydrogen-bond donors (Lipinski definition) is 2. The maximum absolute atomic E-state index is 12.6. The number of likely N-dealkylation sites (tertiary alicyclic amines) is 1. The van der Waals surface area contributed by atoms with E-state index in [2.05, 4.69) is 44.0 Å². The van der Waals surface area contributed by atoms with Crippen molar-refractivity contribution in [2.45, 2.75) is 51.0 Å². The number of anilines is 1. The summed E-state index contributed by atoms with van der Waals surface area (Å²) in [5.74, 6) is 1.74. The summed E-state index contributed by atoms with van der Waals surface area (Å²) < 4.78 is 1.87. The predicted octanol–water partition coefficient (Wildman–Crippen LogP) is 4.12. The van der Waals surface area contributed by atoms with Crippen molar-refractivity contribution >= 4 is 41.5 Å². The number of nitrogens with one attached hydrogen (secondary N) is 2. The van der Waals surface area contributed by atoms with Crippen LogP contribution in [0.4, 0.5) is 5.69 Å². The van der Waals surface area contributed by atoms with Crippen molar-refractivity contribution in [1.82, 2.24) is 20.0 Å². The third-order valence-electron chi connectivity index (χ3n) is 6.52. The Bertz CT molecular complexity index is 921. The number of amides is 1. The van der Waals surface area contributed by atoms with Crippen LogP contribution < -0.4 is 10.6 Å². The fourth-order valence-electron chi connectivity index (χ4n) is 4.76. The number of carbonyl (C=O) groups excluding carboxylic acids is 1. The van der Waals surface area contributed by atoms with Crippen molar-refractivity contribution in [3.63, 3.8) is 0 Å². The van der Waals surface area contributed by atoms with Crippen molar-refractivity contribution in [1.29, 1.82) is 0 Å². The average molecular weight is 550 g/mol. The number of nitrogens with zero attached hydrogens (tertiary/aromatic N) is 4. The van der Waals surface area contributed by atoms with Crippen LogP contribution in [0.25, 0.3) is 0 Å². The number of aryl methyl sites for hydroxylation is 1. The standard InChI is InChI=1S/C24H34N6O.HI/c1-25-24(30-12-11-20(17-30)21-15-27-29(2)16-21)26-14-18-7-6-10-22(13-18)28-23(31)19-8-4-3-5-9-19;/h6-7,10,13,15-16,19-20H,3-5,8-9,11-12,14,17H2,1-2H3,(H,25,26)(H,28,31);1H. The molecule has 8 heteroatoms. The van der Waals surface area contributed by atoms with Gasteiger partial charge in [0.15, 0.2) is 5.96 Å². The lowest BCUT2D eigenvalue weighted by Gasteiger charge is -2.22. The van der Waals surface area contributed by atoms with E-state index in [0.29, 0.717) is 12.5 Å². The first kappa shape index (κ1) is 24.5. The minimum absolute atomic E-state index is 0. The van der Waals surface area contributed by atoms with Gasteiger partial charge in [-0.3, -0.25) is 14.5 Å². The van der Waals surface area contributed by atoms with Gasteiger partial charge in [0.2, 0.25) is 5.91 Å². The van der Waals surface area contributed by atoms with Crippen LogP contribution in [0, 0.1) is 5.92 Å². The zero-order valence-electron chi connectivity index (χ0n) is 19.1. The van der Waals surface area contributed by atoms with E-state index in [9.17, 15) is 4.79 Å². The van der Waals surface area contributed by atoms with Crippen molar-refractivity contribution in [3.05, 3.63) is 47.8 Å². The van der Waals surface area contributed by atoms with Gasteiger partial charge in [0.05, 0.1) is 6.20 Å². The van der Waals surface area contributed by atoms with Crippen LogP contribution in [0.3, 0.4) is 0 Å². The number of aromatic nitrogens is 2. The summed E-state index contributed by atoms with van der Waals surface area (Å²) in [6, 6.07) is 8.12. The lowest BCUT2D eigenvalue weighted by Crippen LogP contribution is -2.39. The van der Waals surface area contributed by atoms with Crippen LogP contribution in [0.2, 0.25) is 0 Å². The zero-order valence-corrected chi connectivity index (χ0v) is 21.4. The highest BCUT2D eigenvalue weighted by Gasteiger charge is 2.27. The lowest BCUT2D eigenvalue weighted by molar-refractivity contribution is -0.120. The Morgan fingerprint density at radius 1 is 1.22 bits per heavy atom. The highest BCUT2D eigenvalue weighted by atomic mass is 127. The Hall–Kier alpha value is -2.10. The summed E-state index contributed by atoms with van der Waals surface area (Å²) in [5, 5.41) is 10.9. The smallest absolute Gasteiger partial charge is 0.227 e. The molecule has 1 aromatic carbocycles. The molecule has 4 rings (SSSR count). The quantitative estimate of drug-likeness (QED) is 0.334. The molecule has 1 aliphatic heterocycles. The number of guanidine groups is 1. The van der Waals surface area contributed by atoms with Crippen LogP contribution in [-0.2, 0) is 18.4 Å². The van der Waals surface area contributed by atoms with E-state index >= 15 is 0 Å². The van der Waals surface area contributed by atoms with Crippen LogP contribution in [0.5, 0.6) is 0 Å². The lowest BCUT2D eigenvalue weighted by atomic mass is 9.88. The second kappa shape index (κ2) is 11.7. The Labute approximate surface area is 208 Å². The summed E-state index contributed by atoms with van der Waals surface area (Å²) in [5.41, 5.74) is 3.30. The van der Waals surface area contributed by atoms with Gasteiger partial charge in [-0.1, -0.05) is 31.4 Å². The van der Waals surface area contributed by atoms with Crippen LogP contribution in [0.15, 0.2) is 41.7 Å². The molecule has 1 saturated heterocycles. The first-order chi connectivity index (χ1) is 15.1. The molecule has 0 spiro atoms. The van der Waals surface area contributed by atoms with Gasteiger partial charge in [-0.25, -0.2) is 0 Å². The van der Waals surface area contributed by atoms with E-state index in [1.807, 2.05) is 37.1 Å². The Kier molecular flexibility index (Phi) is 8.95. The highest BCUT2D eigenvalue weighted by molar-refractivity contribution is 14.0. The molecule has 1 aliphatic carbocycles. The average Bonchev–Trinajstić information content (AvgIpc) is 3.44. The highest BCUT2D eigenvalue weighted by Crippen LogP contribution is 2.27. The van der Waals surface area contributed by atoms with Crippen molar-refractivity contribution < 1.29 is 4.79 Å². The molecule has 0 bridgehead atoms. The molecule has 2 aliphatic rings. The Balaban J connectivity index is 0.00000289. The van der Waals surface area contributed by atoms with E-state index in [0.717, 1.165) is 49.6 Å². The first-order valence-corrected chi connectivity index (χ1v) is 11.5. The van der Waals surface area contributed by atoms with Gasteiger partial charge in [-0.15, -0.1) is 24.0 Å². The zero-order chi connectivity index (χ0) is 21.6. The number of halogens is 1. The molecule has 2 aromatic rings. The molecule has 2 N–H and O–H groups in total. The molecule has 2 heterocycles. The number of carbonyl (C=O) groups is 1. The largest absolute Gasteiger partial charge is 0.352 e. The van der Waals surface area contributed by atoms with E-state index in [1.165, 1.54) is 24.8 Å². The van der Waals surface area contributed by atoms with Gasteiger partial charge in [0, 0.05) is 57.4 Å². The third kappa shape index (κ3) is 6.24. The number of benzene rings is 1. The molecular weight excluding hydrogens is 515 g/mol. The number of rotatable bonds is 5. The van der Waals surface area contributed by atoms with Crippen LogP contribution >= 0.6 is 24.0 Å². The summed E-state index contributed by atoms with van der Waals surface area (Å²) in [4.78, 5) is 19.4. The van der Waals surface area contributed by atoms with E-state index in [-0.39, 0.29) is 35.8 Å². The summed E-state index contributed by atoms with van der Waals surface area (Å²) in [6.45, 7) is 2.60. The minimum atomic E-state index is 0. The van der Waals surface area contributed by atoms with Gasteiger partial charge < -0.3 is 15.5 Å². The Morgan fingerprint density at radius 2 is 2.03 bits per heavy atom. The summed E-state index contributed by atoms with van der Waals surface area (Å²) in [7, 11) is 3.79. The second-order valence-corrected chi connectivity index (χ2v) is 8.80. The molecule has 7 nitrogen and oxygen atoms in total. The van der Waals surface area contributed by atoms with Gasteiger partial charge in [-0.05, 0) is 42.5 Å². The molecule has 0 radical (unpaired) electrons. The predicted molar refractivity (Wildman–Crippen MR) is 139 cm³/mol. The van der Waals surface area contributed by atoms with Crippen molar-refractivity contribution in [2.75, 3.05) is 25.5 Å². The molecule has 174 valence electrons. The molecule has 1 aromatic heterocycles. The van der Waals surface area contributed by atoms with Crippen LogP contribution in [0.1, 0.15) is 55.6 Å². The molecule has 1 unspecified atom stereocenters. The third-order valence-corrected chi connectivity index (χ3v) is 6.52. The maximum Gasteiger partial charge on any atom is 0.227 e. The first-order valence-electron chi connectivity index (χ1n) is 11.5. The minimum Gasteiger partial charge on any atom is -0.352 e. The normalized spacial score (nSPS) is 19.5. The second-order valence-electron chi connectivity index (χ2n) is 8.80. The molecule has 32 heavy (non-hydrogen) atoms. The van der Waals surface area contributed by atoms with Gasteiger partial charge >= 0.3 is 0 Å².